The summed E-state index contributed by atoms with van der Waals surface area (Å²) in [6.07, 6.45) is 4.94. The third kappa shape index (κ3) is 4.39. The summed E-state index contributed by atoms with van der Waals surface area (Å²) < 4.78 is 5.66. The monoisotopic (exact) mass is 433 g/mol. The Morgan fingerprint density at radius 3 is 2.63 bits per heavy atom. The van der Waals surface area contributed by atoms with Crippen LogP contribution in [0.3, 0.4) is 0 Å². The zero-order chi connectivity index (χ0) is 21.3. The molecule has 2 heterocycles. The smallest absolute Gasteiger partial charge is 0.324 e. The zero-order valence-corrected chi connectivity index (χ0v) is 18.7. The number of fused-ring (bicyclic) bond motifs is 1. The van der Waals surface area contributed by atoms with E-state index in [1.54, 1.807) is 23.1 Å². The molecule has 1 aliphatic carbocycles. The van der Waals surface area contributed by atoms with Gasteiger partial charge in [0, 0.05) is 30.1 Å². The lowest BCUT2D eigenvalue weighted by molar-refractivity contribution is -0.127. The third-order valence-corrected chi connectivity index (χ3v) is 7.42. The topological polar surface area (TPSA) is 61.9 Å². The van der Waals surface area contributed by atoms with Crippen molar-refractivity contribution < 1.29 is 14.3 Å². The fourth-order valence-corrected chi connectivity index (χ4v) is 5.15. The van der Waals surface area contributed by atoms with Gasteiger partial charge < -0.3 is 15.0 Å². The molecule has 0 radical (unpaired) electrons. The van der Waals surface area contributed by atoms with Crippen molar-refractivity contribution in [2.45, 2.75) is 52.0 Å². The number of urea groups is 1. The lowest BCUT2D eigenvalue weighted by Crippen LogP contribution is -2.52. The number of halogens is 1. The van der Waals surface area contributed by atoms with E-state index in [0.29, 0.717) is 61.7 Å². The lowest BCUT2D eigenvalue weighted by Gasteiger charge is -2.38. The fraction of sp³-hybridized carbons (Fsp3) is 0.652. The summed E-state index contributed by atoms with van der Waals surface area (Å²) >= 11 is 6.13. The van der Waals surface area contributed by atoms with Crippen LogP contribution in [0.1, 0.15) is 46.0 Å². The largest absolute Gasteiger partial charge is 0.490 e. The second kappa shape index (κ2) is 9.04. The second-order valence-electron chi connectivity index (χ2n) is 9.04. The molecule has 2 fully saturated rings. The molecule has 30 heavy (non-hydrogen) atoms. The maximum absolute atomic E-state index is 13.2. The van der Waals surface area contributed by atoms with Gasteiger partial charge in [-0.2, -0.15) is 0 Å². The Balaban J connectivity index is 1.33. The maximum Gasteiger partial charge on any atom is 0.324 e. The maximum atomic E-state index is 13.2. The van der Waals surface area contributed by atoms with E-state index < -0.39 is 0 Å². The number of nitrogens with zero attached hydrogens (tertiary/aromatic N) is 2. The van der Waals surface area contributed by atoms with Gasteiger partial charge in [-0.15, -0.1) is 0 Å². The Morgan fingerprint density at radius 2 is 1.87 bits per heavy atom. The van der Waals surface area contributed by atoms with Crippen LogP contribution in [0.15, 0.2) is 18.2 Å². The molecule has 1 aromatic carbocycles. The minimum atomic E-state index is -0.0320. The van der Waals surface area contributed by atoms with Crippen LogP contribution in [-0.4, -0.2) is 49.1 Å². The number of carbonyl (C=O) groups is 2. The summed E-state index contributed by atoms with van der Waals surface area (Å²) in [5.41, 5.74) is 0.721. The number of hydrogen-bond acceptors (Lipinski definition) is 3. The summed E-state index contributed by atoms with van der Waals surface area (Å²) in [6, 6.07) is 5.61. The van der Waals surface area contributed by atoms with Gasteiger partial charge in [0.05, 0.1) is 12.2 Å². The van der Waals surface area contributed by atoms with Crippen LogP contribution in [-0.2, 0) is 4.79 Å². The van der Waals surface area contributed by atoms with E-state index in [2.05, 4.69) is 19.2 Å². The van der Waals surface area contributed by atoms with Crippen LogP contribution in [0.2, 0.25) is 5.02 Å². The Labute approximate surface area is 183 Å². The van der Waals surface area contributed by atoms with Crippen molar-refractivity contribution in [3.8, 4) is 5.75 Å². The van der Waals surface area contributed by atoms with Crippen molar-refractivity contribution in [1.29, 1.82) is 0 Å². The van der Waals surface area contributed by atoms with Crippen LogP contribution in [0.4, 0.5) is 10.5 Å². The number of ether oxygens (including phenoxy) is 1. The van der Waals surface area contributed by atoms with Crippen LogP contribution >= 0.6 is 11.6 Å². The summed E-state index contributed by atoms with van der Waals surface area (Å²) in [7, 11) is 0. The molecule has 6 nitrogen and oxygen atoms in total. The van der Waals surface area contributed by atoms with E-state index in [4.69, 9.17) is 16.3 Å². The van der Waals surface area contributed by atoms with Crippen molar-refractivity contribution in [2.75, 3.05) is 31.1 Å². The van der Waals surface area contributed by atoms with E-state index in [-0.39, 0.29) is 23.9 Å². The molecule has 3 aliphatic rings. The minimum Gasteiger partial charge on any atom is -0.490 e. The highest BCUT2D eigenvalue weighted by molar-refractivity contribution is 6.31. The van der Waals surface area contributed by atoms with Gasteiger partial charge in [0.15, 0.2) is 0 Å². The molecule has 1 aromatic rings. The summed E-state index contributed by atoms with van der Waals surface area (Å²) in [5.74, 6) is 2.02. The fourth-order valence-electron chi connectivity index (χ4n) is 4.98. The van der Waals surface area contributed by atoms with Crippen molar-refractivity contribution in [3.05, 3.63) is 23.2 Å². The molecule has 0 bridgehead atoms. The molecule has 3 amide bonds. The van der Waals surface area contributed by atoms with Gasteiger partial charge in [0.1, 0.15) is 12.4 Å². The molecule has 2 aliphatic heterocycles. The number of hydrogen-bond donors (Lipinski definition) is 1. The van der Waals surface area contributed by atoms with Gasteiger partial charge in [-0.05, 0) is 49.3 Å². The van der Waals surface area contributed by atoms with Gasteiger partial charge in [0.25, 0.3) is 0 Å². The SMILES string of the molecule is C[C@H]1[C@H](C)CCC[C@@H]1NC(=O)C1CCN(C(=O)N2CCOc3ccc(Cl)cc32)CC1. The highest BCUT2D eigenvalue weighted by atomic mass is 35.5. The van der Waals surface area contributed by atoms with Gasteiger partial charge in [-0.1, -0.05) is 38.3 Å². The van der Waals surface area contributed by atoms with E-state index in [1.165, 1.54) is 12.8 Å². The molecule has 0 unspecified atom stereocenters. The number of rotatable bonds is 2. The van der Waals surface area contributed by atoms with Crippen molar-refractivity contribution in [3.63, 3.8) is 0 Å². The molecule has 1 N–H and O–H groups in total. The van der Waals surface area contributed by atoms with Gasteiger partial charge in [-0.25, -0.2) is 4.79 Å². The molecular formula is C23H32ClN3O3. The number of amides is 3. The van der Waals surface area contributed by atoms with Crippen LogP contribution in [0.5, 0.6) is 5.75 Å². The van der Waals surface area contributed by atoms with Gasteiger partial charge >= 0.3 is 6.03 Å². The Morgan fingerprint density at radius 1 is 1.10 bits per heavy atom. The first-order valence-corrected chi connectivity index (χ1v) is 11.6. The molecule has 0 spiro atoms. The highest BCUT2D eigenvalue weighted by Gasteiger charge is 2.34. The van der Waals surface area contributed by atoms with Crippen molar-refractivity contribution in [1.82, 2.24) is 10.2 Å². The first-order valence-electron chi connectivity index (χ1n) is 11.2. The number of piperidine rings is 1. The van der Waals surface area contributed by atoms with Gasteiger partial charge in [-0.3, -0.25) is 9.69 Å². The van der Waals surface area contributed by atoms with Crippen LogP contribution in [0.25, 0.3) is 0 Å². The quantitative estimate of drug-likeness (QED) is 0.755. The standard InChI is InChI=1S/C23H32ClN3O3/c1-15-4-3-5-19(16(15)2)25-22(28)17-8-10-26(11-9-17)23(29)27-12-13-30-21-7-6-18(24)14-20(21)27/h6-7,14-17,19H,3-5,8-13H2,1-2H3,(H,25,28)/t15-,16+,19+/m1/s1. The van der Waals surface area contributed by atoms with E-state index in [0.717, 1.165) is 12.1 Å². The molecule has 4 rings (SSSR count). The summed E-state index contributed by atoms with van der Waals surface area (Å²) in [6.45, 7) is 6.70. The average molecular weight is 434 g/mol. The number of nitrogens with one attached hydrogen (secondary N) is 1. The first-order chi connectivity index (χ1) is 14.4. The number of likely N-dealkylation sites (tertiary alicyclic amines) is 1. The Hall–Kier alpha value is -1.95. The van der Waals surface area contributed by atoms with Crippen molar-refractivity contribution in [2.24, 2.45) is 17.8 Å². The predicted octanol–water partition coefficient (Wildman–Crippen LogP) is 4.31. The van der Waals surface area contributed by atoms with Crippen LogP contribution < -0.4 is 15.0 Å². The highest BCUT2D eigenvalue weighted by Crippen LogP contribution is 2.35. The lowest BCUT2D eigenvalue weighted by atomic mass is 9.78. The van der Waals surface area contributed by atoms with Gasteiger partial charge in [0.2, 0.25) is 5.91 Å². The minimum absolute atomic E-state index is 0.00935. The van der Waals surface area contributed by atoms with E-state index in [1.807, 2.05) is 4.90 Å². The average Bonchev–Trinajstić information content (AvgIpc) is 2.76. The number of carbonyl (C=O) groups excluding carboxylic acids is 2. The molecule has 164 valence electrons. The predicted molar refractivity (Wildman–Crippen MR) is 118 cm³/mol. The van der Waals surface area contributed by atoms with Crippen molar-refractivity contribution >= 4 is 29.2 Å². The first kappa shape index (κ1) is 21.3. The Kier molecular flexibility index (Phi) is 6.42. The Bertz CT molecular complexity index is 794. The molecular weight excluding hydrogens is 402 g/mol. The number of anilines is 1. The van der Waals surface area contributed by atoms with E-state index >= 15 is 0 Å². The summed E-state index contributed by atoms with van der Waals surface area (Å²) in [4.78, 5) is 29.6. The third-order valence-electron chi connectivity index (χ3n) is 7.19. The molecule has 1 saturated heterocycles. The molecule has 3 atom stereocenters. The molecule has 7 heteroatoms. The van der Waals surface area contributed by atoms with E-state index in [9.17, 15) is 9.59 Å². The normalized spacial score (nSPS) is 27.2. The summed E-state index contributed by atoms with van der Waals surface area (Å²) in [5, 5.41) is 3.89. The second-order valence-corrected chi connectivity index (χ2v) is 9.47. The molecule has 1 saturated carbocycles. The number of benzene rings is 1. The zero-order valence-electron chi connectivity index (χ0n) is 17.9. The molecule has 0 aromatic heterocycles. The van der Waals surface area contributed by atoms with Crippen LogP contribution in [0, 0.1) is 17.8 Å².